The normalized spacial score (nSPS) is 11.1. The van der Waals surface area contributed by atoms with Gasteiger partial charge < -0.3 is 10.6 Å². The number of carbonyl (C=O) groups is 1. The predicted octanol–water partition coefficient (Wildman–Crippen LogP) is 3.52. The van der Waals surface area contributed by atoms with E-state index in [2.05, 4.69) is 10.6 Å². The number of nitrogens with zero attached hydrogens (tertiary/aromatic N) is 1. The van der Waals surface area contributed by atoms with E-state index in [4.69, 9.17) is 0 Å². The van der Waals surface area contributed by atoms with Crippen LogP contribution < -0.4 is 10.6 Å². The molecule has 0 spiro atoms. The Bertz CT molecular complexity index is 840. The fourth-order valence-corrected chi connectivity index (χ4v) is 2.28. The second-order valence-electron chi connectivity index (χ2n) is 5.53. The zero-order valence-corrected chi connectivity index (χ0v) is 13.8. The van der Waals surface area contributed by atoms with E-state index in [0.29, 0.717) is 6.07 Å². The predicted molar refractivity (Wildman–Crippen MR) is 89.7 cm³/mol. The maximum absolute atomic E-state index is 13.5. The second-order valence-corrected chi connectivity index (χ2v) is 5.53. The molecule has 0 saturated carbocycles. The van der Waals surface area contributed by atoms with Gasteiger partial charge >= 0.3 is 6.18 Å². The van der Waals surface area contributed by atoms with Crippen molar-refractivity contribution >= 4 is 17.3 Å². The summed E-state index contributed by atoms with van der Waals surface area (Å²) in [5, 5.41) is 16.1. The van der Waals surface area contributed by atoms with Crippen molar-refractivity contribution in [2.45, 2.75) is 12.6 Å². The van der Waals surface area contributed by atoms with Gasteiger partial charge in [-0.3, -0.25) is 14.9 Å². The molecule has 0 bridgehead atoms. The summed E-state index contributed by atoms with van der Waals surface area (Å²) < 4.78 is 51.4. The van der Waals surface area contributed by atoms with Crippen LogP contribution in [0.3, 0.4) is 0 Å². The van der Waals surface area contributed by atoms with Gasteiger partial charge in [0, 0.05) is 19.2 Å². The molecular formula is C17H15F4N3O3. The van der Waals surface area contributed by atoms with Crippen LogP contribution in [-0.4, -0.2) is 23.9 Å². The summed E-state index contributed by atoms with van der Waals surface area (Å²) in [7, 11) is 0. The topological polar surface area (TPSA) is 84.3 Å². The van der Waals surface area contributed by atoms with Crippen molar-refractivity contribution in [3.8, 4) is 0 Å². The molecule has 0 atom stereocenters. The average molecular weight is 385 g/mol. The van der Waals surface area contributed by atoms with E-state index in [9.17, 15) is 32.5 Å². The van der Waals surface area contributed by atoms with Crippen LogP contribution in [0.25, 0.3) is 0 Å². The number of alkyl halides is 3. The molecule has 6 nitrogen and oxygen atoms in total. The molecular weight excluding hydrogens is 370 g/mol. The first-order valence-corrected chi connectivity index (χ1v) is 7.78. The molecule has 0 unspecified atom stereocenters. The second kappa shape index (κ2) is 8.47. The lowest BCUT2D eigenvalue weighted by molar-refractivity contribution is -0.384. The Morgan fingerprint density at radius 1 is 1.11 bits per heavy atom. The number of benzene rings is 2. The van der Waals surface area contributed by atoms with Gasteiger partial charge in [-0.05, 0) is 23.8 Å². The molecule has 144 valence electrons. The summed E-state index contributed by atoms with van der Waals surface area (Å²) in [6.45, 7) is 0.0840. The summed E-state index contributed by atoms with van der Waals surface area (Å²) in [6, 6.07) is 7.93. The van der Waals surface area contributed by atoms with E-state index in [-0.39, 0.29) is 30.8 Å². The maximum atomic E-state index is 13.5. The molecule has 0 heterocycles. The van der Waals surface area contributed by atoms with Crippen molar-refractivity contribution in [3.63, 3.8) is 0 Å². The summed E-state index contributed by atoms with van der Waals surface area (Å²) in [6.07, 6.45) is -4.86. The van der Waals surface area contributed by atoms with E-state index < -0.39 is 34.1 Å². The van der Waals surface area contributed by atoms with Crippen LogP contribution in [0, 0.1) is 15.9 Å². The van der Waals surface area contributed by atoms with Crippen LogP contribution in [-0.2, 0) is 17.4 Å². The molecule has 0 aliphatic carbocycles. The molecule has 0 aliphatic rings. The number of hydrogen-bond donors (Lipinski definition) is 2. The van der Waals surface area contributed by atoms with Crippen LogP contribution in [0.5, 0.6) is 0 Å². The summed E-state index contributed by atoms with van der Waals surface area (Å²) in [5.41, 5.74) is -1.72. The molecule has 0 aliphatic heterocycles. The van der Waals surface area contributed by atoms with Crippen molar-refractivity contribution in [1.82, 2.24) is 5.32 Å². The third kappa shape index (κ3) is 5.66. The van der Waals surface area contributed by atoms with E-state index in [0.717, 1.165) is 12.1 Å². The highest BCUT2D eigenvalue weighted by Crippen LogP contribution is 2.34. The number of nitro groups is 1. The first kappa shape index (κ1) is 20.1. The largest absolute Gasteiger partial charge is 0.416 e. The molecule has 10 heteroatoms. The fourth-order valence-electron chi connectivity index (χ4n) is 2.28. The van der Waals surface area contributed by atoms with Crippen LogP contribution in [0.2, 0.25) is 0 Å². The van der Waals surface area contributed by atoms with Crippen molar-refractivity contribution in [3.05, 3.63) is 69.5 Å². The Hall–Kier alpha value is -3.17. The van der Waals surface area contributed by atoms with Gasteiger partial charge in [-0.25, -0.2) is 4.39 Å². The third-order valence-electron chi connectivity index (χ3n) is 3.59. The van der Waals surface area contributed by atoms with E-state index in [1.807, 2.05) is 0 Å². The summed E-state index contributed by atoms with van der Waals surface area (Å²) in [5.74, 6) is -0.963. The van der Waals surface area contributed by atoms with Crippen molar-refractivity contribution in [2.75, 3.05) is 18.4 Å². The minimum absolute atomic E-state index is 0.0369. The highest BCUT2D eigenvalue weighted by molar-refractivity contribution is 5.78. The zero-order chi connectivity index (χ0) is 20.0. The van der Waals surface area contributed by atoms with Gasteiger partial charge in [0.2, 0.25) is 5.91 Å². The average Bonchev–Trinajstić information content (AvgIpc) is 2.59. The molecule has 2 N–H and O–H groups in total. The Morgan fingerprint density at radius 3 is 2.44 bits per heavy atom. The molecule has 0 saturated heterocycles. The highest BCUT2D eigenvalue weighted by Gasteiger charge is 2.32. The smallest absolute Gasteiger partial charge is 0.378 e. The Morgan fingerprint density at radius 2 is 1.81 bits per heavy atom. The van der Waals surface area contributed by atoms with Crippen molar-refractivity contribution in [1.29, 1.82) is 0 Å². The summed E-state index contributed by atoms with van der Waals surface area (Å²) in [4.78, 5) is 21.8. The first-order chi connectivity index (χ1) is 12.7. The number of halogens is 4. The standard InChI is InChI=1S/C17H15F4N3O3/c18-13-4-2-1-3-11(13)9-16(25)23-8-7-22-14-6-5-12(17(19,20)21)10-15(14)24(26)27/h1-6,10,22H,7-9H2,(H,23,25). The van der Waals surface area contributed by atoms with Gasteiger partial charge in [0.15, 0.2) is 0 Å². The minimum Gasteiger partial charge on any atom is -0.378 e. The number of hydrogen-bond acceptors (Lipinski definition) is 4. The number of anilines is 1. The van der Waals surface area contributed by atoms with Gasteiger partial charge in [-0.1, -0.05) is 18.2 Å². The number of rotatable bonds is 7. The number of nitrogens with one attached hydrogen (secondary N) is 2. The minimum atomic E-state index is -4.69. The molecule has 0 fully saturated rings. The SMILES string of the molecule is O=C(Cc1ccccc1F)NCCNc1ccc(C(F)(F)F)cc1[N+](=O)[O-]. The molecule has 0 aromatic heterocycles. The highest BCUT2D eigenvalue weighted by atomic mass is 19.4. The fraction of sp³-hybridized carbons (Fsp3) is 0.235. The lowest BCUT2D eigenvalue weighted by Crippen LogP contribution is -2.30. The van der Waals surface area contributed by atoms with E-state index in [1.165, 1.54) is 18.2 Å². The third-order valence-corrected chi connectivity index (χ3v) is 3.59. The van der Waals surface area contributed by atoms with Crippen molar-refractivity contribution in [2.24, 2.45) is 0 Å². The lowest BCUT2D eigenvalue weighted by atomic mass is 10.1. The van der Waals surface area contributed by atoms with Gasteiger partial charge in [0.1, 0.15) is 11.5 Å². The summed E-state index contributed by atoms with van der Waals surface area (Å²) >= 11 is 0. The maximum Gasteiger partial charge on any atom is 0.416 e. The number of nitro benzene ring substituents is 1. The van der Waals surface area contributed by atoms with Crippen LogP contribution >= 0.6 is 0 Å². The molecule has 27 heavy (non-hydrogen) atoms. The Kier molecular flexibility index (Phi) is 6.32. The van der Waals surface area contributed by atoms with E-state index >= 15 is 0 Å². The molecule has 2 rings (SSSR count). The molecule has 2 aromatic rings. The first-order valence-electron chi connectivity index (χ1n) is 7.78. The van der Waals surface area contributed by atoms with Crippen LogP contribution in [0.15, 0.2) is 42.5 Å². The van der Waals surface area contributed by atoms with Crippen LogP contribution in [0.4, 0.5) is 28.9 Å². The van der Waals surface area contributed by atoms with E-state index in [1.54, 1.807) is 6.07 Å². The lowest BCUT2D eigenvalue weighted by Gasteiger charge is -2.11. The molecule has 2 aromatic carbocycles. The Balaban J connectivity index is 1.90. The number of carbonyl (C=O) groups excluding carboxylic acids is 1. The van der Waals surface area contributed by atoms with Crippen molar-refractivity contribution < 1.29 is 27.3 Å². The van der Waals surface area contributed by atoms with Crippen LogP contribution in [0.1, 0.15) is 11.1 Å². The number of amides is 1. The van der Waals surface area contributed by atoms with Gasteiger partial charge in [0.05, 0.1) is 16.9 Å². The Labute approximate surface area is 151 Å². The molecule has 1 amide bonds. The zero-order valence-electron chi connectivity index (χ0n) is 13.8. The monoisotopic (exact) mass is 385 g/mol. The molecule has 0 radical (unpaired) electrons. The van der Waals surface area contributed by atoms with Gasteiger partial charge in [-0.2, -0.15) is 13.2 Å². The quantitative estimate of drug-likeness (QED) is 0.331. The van der Waals surface area contributed by atoms with Gasteiger partial charge in [-0.15, -0.1) is 0 Å². The van der Waals surface area contributed by atoms with Gasteiger partial charge in [0.25, 0.3) is 5.69 Å².